The van der Waals surface area contributed by atoms with Crippen LogP contribution < -0.4 is 10.6 Å². The maximum atomic E-state index is 5.97. The van der Waals surface area contributed by atoms with Crippen molar-refractivity contribution in [1.82, 2.24) is 9.97 Å². The Hall–Kier alpha value is -1.94. The van der Waals surface area contributed by atoms with Crippen molar-refractivity contribution in [3.63, 3.8) is 0 Å². The van der Waals surface area contributed by atoms with Gasteiger partial charge in [-0.05, 0) is 19.8 Å². The molecule has 2 N–H and O–H groups in total. The zero-order valence-corrected chi connectivity index (χ0v) is 11.8. The molecule has 1 aliphatic rings. The summed E-state index contributed by atoms with van der Waals surface area (Å²) < 4.78 is 0. The molecule has 20 heavy (non-hydrogen) atoms. The van der Waals surface area contributed by atoms with Crippen molar-refractivity contribution in [3.05, 3.63) is 42.2 Å². The van der Waals surface area contributed by atoms with Gasteiger partial charge in [-0.1, -0.05) is 30.3 Å². The van der Waals surface area contributed by atoms with Gasteiger partial charge in [-0.25, -0.2) is 9.97 Å². The average Bonchev–Trinajstić information content (AvgIpc) is 2.48. The van der Waals surface area contributed by atoms with Crippen molar-refractivity contribution in [3.8, 4) is 11.3 Å². The third-order valence-electron chi connectivity index (χ3n) is 3.76. The fourth-order valence-electron chi connectivity index (χ4n) is 2.60. The highest BCUT2D eigenvalue weighted by Crippen LogP contribution is 2.23. The molecule has 0 unspecified atom stereocenters. The predicted octanol–water partition coefficient (Wildman–Crippen LogP) is 2.38. The molecule has 1 aromatic carbocycles. The van der Waals surface area contributed by atoms with Gasteiger partial charge in [0.15, 0.2) is 0 Å². The van der Waals surface area contributed by atoms with Crippen molar-refractivity contribution >= 4 is 5.82 Å². The van der Waals surface area contributed by atoms with E-state index in [1.54, 1.807) is 0 Å². The van der Waals surface area contributed by atoms with Gasteiger partial charge in [0, 0.05) is 30.8 Å². The van der Waals surface area contributed by atoms with Crippen LogP contribution in [-0.4, -0.2) is 29.1 Å². The van der Waals surface area contributed by atoms with Crippen LogP contribution in [0.3, 0.4) is 0 Å². The van der Waals surface area contributed by atoms with Crippen molar-refractivity contribution < 1.29 is 0 Å². The van der Waals surface area contributed by atoms with E-state index in [-0.39, 0.29) is 0 Å². The molecule has 2 heterocycles. The van der Waals surface area contributed by atoms with E-state index in [0.29, 0.717) is 6.04 Å². The topological polar surface area (TPSA) is 55.0 Å². The highest BCUT2D eigenvalue weighted by molar-refractivity contribution is 5.62. The van der Waals surface area contributed by atoms with E-state index in [2.05, 4.69) is 33.1 Å². The van der Waals surface area contributed by atoms with E-state index >= 15 is 0 Å². The molecule has 0 bridgehead atoms. The molecule has 0 amide bonds. The number of benzene rings is 1. The van der Waals surface area contributed by atoms with Crippen LogP contribution in [0, 0.1) is 6.92 Å². The molecule has 1 fully saturated rings. The Morgan fingerprint density at radius 1 is 1.10 bits per heavy atom. The highest BCUT2D eigenvalue weighted by Gasteiger charge is 2.18. The Balaban J connectivity index is 1.91. The third kappa shape index (κ3) is 2.80. The largest absolute Gasteiger partial charge is 0.356 e. The van der Waals surface area contributed by atoms with Gasteiger partial charge in [-0.2, -0.15) is 0 Å². The lowest BCUT2D eigenvalue weighted by molar-refractivity contribution is 0.498. The lowest BCUT2D eigenvalue weighted by Crippen LogP contribution is -2.40. The minimum atomic E-state index is 0.336. The van der Waals surface area contributed by atoms with Crippen LogP contribution in [0.15, 0.2) is 36.4 Å². The number of anilines is 1. The molecule has 0 atom stereocenters. The van der Waals surface area contributed by atoms with Crippen LogP contribution in [0.4, 0.5) is 5.82 Å². The van der Waals surface area contributed by atoms with Gasteiger partial charge in [-0.3, -0.25) is 0 Å². The van der Waals surface area contributed by atoms with Crippen LogP contribution in [0.25, 0.3) is 11.3 Å². The Morgan fingerprint density at radius 2 is 1.80 bits per heavy atom. The summed E-state index contributed by atoms with van der Waals surface area (Å²) in [5, 5.41) is 0. The summed E-state index contributed by atoms with van der Waals surface area (Å²) >= 11 is 0. The number of rotatable bonds is 2. The second-order valence-electron chi connectivity index (χ2n) is 5.35. The molecule has 0 aliphatic carbocycles. The number of nitrogens with zero attached hydrogens (tertiary/aromatic N) is 3. The van der Waals surface area contributed by atoms with Crippen molar-refractivity contribution in [1.29, 1.82) is 0 Å². The molecule has 4 nitrogen and oxygen atoms in total. The van der Waals surface area contributed by atoms with Crippen molar-refractivity contribution in [2.24, 2.45) is 5.73 Å². The number of aryl methyl sites for hydroxylation is 1. The molecular weight excluding hydrogens is 248 g/mol. The molecule has 1 aromatic heterocycles. The number of nitrogens with two attached hydrogens (primary N) is 1. The van der Waals surface area contributed by atoms with E-state index in [1.807, 2.05) is 25.1 Å². The molecule has 1 aliphatic heterocycles. The van der Waals surface area contributed by atoms with Crippen molar-refractivity contribution in [2.75, 3.05) is 18.0 Å². The van der Waals surface area contributed by atoms with Gasteiger partial charge in [0.1, 0.15) is 11.6 Å². The molecule has 2 aromatic rings. The fraction of sp³-hybridized carbons (Fsp3) is 0.375. The Bertz CT molecular complexity index is 574. The second-order valence-corrected chi connectivity index (χ2v) is 5.35. The van der Waals surface area contributed by atoms with Gasteiger partial charge in [-0.15, -0.1) is 0 Å². The van der Waals surface area contributed by atoms with Gasteiger partial charge in [0.05, 0.1) is 5.69 Å². The number of hydrogen-bond donors (Lipinski definition) is 1. The van der Waals surface area contributed by atoms with E-state index in [9.17, 15) is 0 Å². The summed E-state index contributed by atoms with van der Waals surface area (Å²) in [4.78, 5) is 11.4. The number of piperidine rings is 1. The lowest BCUT2D eigenvalue weighted by atomic mass is 10.1. The fourth-order valence-corrected chi connectivity index (χ4v) is 2.60. The first-order chi connectivity index (χ1) is 9.72. The smallest absolute Gasteiger partial charge is 0.132 e. The number of hydrogen-bond acceptors (Lipinski definition) is 4. The van der Waals surface area contributed by atoms with Crippen LogP contribution in [0.5, 0.6) is 0 Å². The maximum absolute atomic E-state index is 5.97. The van der Waals surface area contributed by atoms with E-state index in [1.165, 1.54) is 0 Å². The van der Waals surface area contributed by atoms with E-state index in [0.717, 1.165) is 48.8 Å². The standard InChI is InChI=1S/C16H20N4/c1-12-18-15(13-5-3-2-4-6-13)11-16(19-12)20-9-7-14(17)8-10-20/h2-6,11,14H,7-10,17H2,1H3. The lowest BCUT2D eigenvalue weighted by Gasteiger charge is -2.31. The second kappa shape index (κ2) is 5.59. The molecule has 0 spiro atoms. The summed E-state index contributed by atoms with van der Waals surface area (Å²) in [5.41, 5.74) is 8.09. The third-order valence-corrected chi connectivity index (χ3v) is 3.76. The summed E-state index contributed by atoms with van der Waals surface area (Å²) in [7, 11) is 0. The predicted molar refractivity (Wildman–Crippen MR) is 81.6 cm³/mol. The summed E-state index contributed by atoms with van der Waals surface area (Å²) in [6.45, 7) is 3.91. The van der Waals surface area contributed by atoms with Gasteiger partial charge in [0.2, 0.25) is 0 Å². The number of aromatic nitrogens is 2. The zero-order valence-electron chi connectivity index (χ0n) is 11.8. The molecule has 0 radical (unpaired) electrons. The Labute approximate surface area is 119 Å². The molecule has 3 rings (SSSR count). The maximum Gasteiger partial charge on any atom is 0.132 e. The first-order valence-electron chi connectivity index (χ1n) is 7.14. The van der Waals surface area contributed by atoms with E-state index < -0.39 is 0 Å². The summed E-state index contributed by atoms with van der Waals surface area (Å²) in [6, 6.07) is 12.7. The highest BCUT2D eigenvalue weighted by atomic mass is 15.2. The van der Waals surface area contributed by atoms with Crippen molar-refractivity contribution in [2.45, 2.75) is 25.8 Å². The molecule has 0 saturated carbocycles. The van der Waals surface area contributed by atoms with Crippen LogP contribution in [-0.2, 0) is 0 Å². The Kier molecular flexibility index (Phi) is 3.65. The molecule has 104 valence electrons. The van der Waals surface area contributed by atoms with Gasteiger partial charge < -0.3 is 10.6 Å². The monoisotopic (exact) mass is 268 g/mol. The first-order valence-corrected chi connectivity index (χ1v) is 7.14. The molecular formula is C16H20N4. The summed E-state index contributed by atoms with van der Waals surface area (Å²) in [6.07, 6.45) is 2.06. The Morgan fingerprint density at radius 3 is 2.50 bits per heavy atom. The zero-order chi connectivity index (χ0) is 13.9. The minimum Gasteiger partial charge on any atom is -0.356 e. The minimum absolute atomic E-state index is 0.336. The first kappa shape index (κ1) is 13.1. The van der Waals surface area contributed by atoms with E-state index in [4.69, 9.17) is 5.73 Å². The summed E-state index contributed by atoms with van der Waals surface area (Å²) in [5.74, 6) is 1.83. The van der Waals surface area contributed by atoms with Gasteiger partial charge >= 0.3 is 0 Å². The molecule has 4 heteroatoms. The SMILES string of the molecule is Cc1nc(-c2ccccc2)cc(N2CCC(N)CC2)n1. The van der Waals surface area contributed by atoms with Crippen LogP contribution >= 0.6 is 0 Å². The normalized spacial score (nSPS) is 16.4. The average molecular weight is 268 g/mol. The van der Waals surface area contributed by atoms with Crippen LogP contribution in [0.1, 0.15) is 18.7 Å². The quantitative estimate of drug-likeness (QED) is 0.908. The van der Waals surface area contributed by atoms with Crippen LogP contribution in [0.2, 0.25) is 0 Å². The van der Waals surface area contributed by atoms with Gasteiger partial charge in [0.25, 0.3) is 0 Å². The molecule has 1 saturated heterocycles.